The van der Waals surface area contributed by atoms with Crippen molar-refractivity contribution in [3.63, 3.8) is 0 Å². The molecule has 16 heavy (non-hydrogen) atoms. The van der Waals surface area contributed by atoms with Gasteiger partial charge in [-0.25, -0.2) is 0 Å². The van der Waals surface area contributed by atoms with Crippen LogP contribution in [0.5, 0.6) is 0 Å². The molecule has 0 heterocycles. The largest absolute Gasteiger partial charge is 0.299 e. The van der Waals surface area contributed by atoms with Crippen LogP contribution in [0, 0.1) is 11.3 Å². The molecule has 0 aromatic heterocycles. The Labute approximate surface area is 100 Å². The van der Waals surface area contributed by atoms with Crippen LogP contribution in [0.1, 0.15) is 66.2 Å². The maximum atomic E-state index is 12.4. The van der Waals surface area contributed by atoms with Gasteiger partial charge in [-0.2, -0.15) is 0 Å². The van der Waals surface area contributed by atoms with Crippen molar-refractivity contribution in [2.45, 2.75) is 66.2 Å². The van der Waals surface area contributed by atoms with Crippen molar-refractivity contribution in [2.75, 3.05) is 0 Å². The lowest BCUT2D eigenvalue weighted by Gasteiger charge is -2.36. The maximum Gasteiger partial charge on any atom is 0.141 e. The molecule has 1 rings (SSSR count). The van der Waals surface area contributed by atoms with Crippen LogP contribution in [0.3, 0.4) is 0 Å². The molecule has 1 fully saturated rings. The Morgan fingerprint density at radius 1 is 1.19 bits per heavy atom. The van der Waals surface area contributed by atoms with E-state index in [4.69, 9.17) is 0 Å². The zero-order chi connectivity index (χ0) is 12.2. The third-order valence-corrected chi connectivity index (χ3v) is 3.76. The second-order valence-corrected chi connectivity index (χ2v) is 5.85. The molecule has 0 N–H and O–H groups in total. The summed E-state index contributed by atoms with van der Waals surface area (Å²) in [4.78, 5) is 12.4. The molecule has 0 atom stereocenters. The molecule has 0 aliphatic heterocycles. The van der Waals surface area contributed by atoms with Crippen LogP contribution in [0.2, 0.25) is 0 Å². The molecule has 92 valence electrons. The summed E-state index contributed by atoms with van der Waals surface area (Å²) >= 11 is 0. The smallest absolute Gasteiger partial charge is 0.141 e. The predicted molar refractivity (Wildman–Crippen MR) is 69.4 cm³/mol. The average molecular weight is 222 g/mol. The Balaban J connectivity index is 2.83. The molecule has 1 aliphatic rings. The highest BCUT2D eigenvalue weighted by Gasteiger charge is 2.38. The molecule has 0 aromatic rings. The lowest BCUT2D eigenvalue weighted by molar-refractivity contribution is -0.133. The van der Waals surface area contributed by atoms with Crippen LogP contribution in [0.15, 0.2) is 11.6 Å². The number of rotatable bonds is 4. The van der Waals surface area contributed by atoms with Gasteiger partial charge >= 0.3 is 0 Å². The Morgan fingerprint density at radius 3 is 2.19 bits per heavy atom. The molecule has 0 aromatic carbocycles. The summed E-state index contributed by atoms with van der Waals surface area (Å²) in [5.74, 6) is 0.674. The van der Waals surface area contributed by atoms with Gasteiger partial charge in [-0.3, -0.25) is 4.79 Å². The molecule has 1 heteroatoms. The summed E-state index contributed by atoms with van der Waals surface area (Å²) in [6.07, 6.45) is 9.20. The van der Waals surface area contributed by atoms with E-state index in [1.807, 2.05) is 13.8 Å². The molecular formula is C15H26O. The number of ketones is 1. The van der Waals surface area contributed by atoms with Gasteiger partial charge in [0.2, 0.25) is 0 Å². The fourth-order valence-electron chi connectivity index (χ4n) is 2.79. The van der Waals surface area contributed by atoms with E-state index in [2.05, 4.69) is 19.9 Å². The highest BCUT2D eigenvalue weighted by atomic mass is 16.1. The molecule has 0 saturated heterocycles. The molecule has 1 aliphatic carbocycles. The number of hydrogen-bond acceptors (Lipinski definition) is 1. The standard InChI is InChI=1S/C15H26O/c1-12(2)8-11-15(14(16)13(3)4)9-6-5-7-10-15/h8,13H,5-7,9-11H2,1-4H3. The molecule has 0 spiro atoms. The molecule has 1 saturated carbocycles. The Hall–Kier alpha value is -0.590. The lowest BCUT2D eigenvalue weighted by Crippen LogP contribution is -2.36. The number of carbonyl (C=O) groups is 1. The van der Waals surface area contributed by atoms with E-state index >= 15 is 0 Å². The number of Topliss-reactive ketones (excluding diaryl/α,β-unsaturated/α-hetero) is 1. The number of hydrogen-bond donors (Lipinski definition) is 0. The highest BCUT2D eigenvalue weighted by molar-refractivity contribution is 5.86. The Morgan fingerprint density at radius 2 is 1.75 bits per heavy atom. The normalized spacial score (nSPS) is 19.6. The second-order valence-electron chi connectivity index (χ2n) is 5.85. The van der Waals surface area contributed by atoms with E-state index in [0.29, 0.717) is 5.78 Å². The quantitative estimate of drug-likeness (QED) is 0.639. The van der Waals surface area contributed by atoms with E-state index in [0.717, 1.165) is 19.3 Å². The van der Waals surface area contributed by atoms with Crippen molar-refractivity contribution in [3.8, 4) is 0 Å². The van der Waals surface area contributed by atoms with E-state index in [-0.39, 0.29) is 11.3 Å². The minimum Gasteiger partial charge on any atom is -0.299 e. The van der Waals surface area contributed by atoms with Gasteiger partial charge in [0, 0.05) is 11.3 Å². The first kappa shape index (κ1) is 13.5. The SMILES string of the molecule is CC(C)=CCC1(C(=O)C(C)C)CCCCC1. The van der Waals surface area contributed by atoms with Crippen LogP contribution in [0.25, 0.3) is 0 Å². The minimum absolute atomic E-state index is 0.0241. The average Bonchev–Trinajstić information content (AvgIpc) is 2.26. The van der Waals surface area contributed by atoms with Crippen LogP contribution >= 0.6 is 0 Å². The molecule has 0 unspecified atom stereocenters. The van der Waals surface area contributed by atoms with Gasteiger partial charge in [-0.15, -0.1) is 0 Å². The van der Waals surface area contributed by atoms with Crippen molar-refractivity contribution in [1.82, 2.24) is 0 Å². The summed E-state index contributed by atoms with van der Waals surface area (Å²) in [5, 5.41) is 0. The zero-order valence-electron chi connectivity index (χ0n) is 11.3. The van der Waals surface area contributed by atoms with Crippen molar-refractivity contribution >= 4 is 5.78 Å². The minimum atomic E-state index is -0.0241. The van der Waals surface area contributed by atoms with Gasteiger partial charge in [0.1, 0.15) is 5.78 Å². The summed E-state index contributed by atoms with van der Waals surface area (Å²) in [6.45, 7) is 8.33. The van der Waals surface area contributed by atoms with Crippen molar-refractivity contribution < 1.29 is 4.79 Å². The summed E-state index contributed by atoms with van der Waals surface area (Å²) in [5.41, 5.74) is 1.31. The molecular weight excluding hydrogens is 196 g/mol. The third-order valence-electron chi connectivity index (χ3n) is 3.76. The first-order valence-electron chi connectivity index (χ1n) is 6.66. The lowest BCUT2D eigenvalue weighted by atomic mass is 9.66. The first-order chi connectivity index (χ1) is 7.48. The Kier molecular flexibility index (Phi) is 4.76. The number of carbonyl (C=O) groups excluding carboxylic acids is 1. The monoisotopic (exact) mass is 222 g/mol. The number of allylic oxidation sites excluding steroid dienone is 2. The van der Waals surface area contributed by atoms with Crippen molar-refractivity contribution in [3.05, 3.63) is 11.6 Å². The Bertz CT molecular complexity index is 263. The van der Waals surface area contributed by atoms with Crippen molar-refractivity contribution in [2.24, 2.45) is 11.3 Å². The summed E-state index contributed by atoms with van der Waals surface area (Å²) < 4.78 is 0. The topological polar surface area (TPSA) is 17.1 Å². The molecule has 0 amide bonds. The fraction of sp³-hybridized carbons (Fsp3) is 0.800. The first-order valence-corrected chi connectivity index (χ1v) is 6.66. The van der Waals surface area contributed by atoms with Gasteiger partial charge in [0.25, 0.3) is 0 Å². The van der Waals surface area contributed by atoms with Crippen LogP contribution < -0.4 is 0 Å². The van der Waals surface area contributed by atoms with Gasteiger partial charge in [-0.05, 0) is 33.1 Å². The molecule has 1 nitrogen and oxygen atoms in total. The predicted octanol–water partition coefficient (Wildman–Crippen LogP) is 4.52. The zero-order valence-corrected chi connectivity index (χ0v) is 11.3. The van der Waals surface area contributed by atoms with Gasteiger partial charge < -0.3 is 0 Å². The fourth-order valence-corrected chi connectivity index (χ4v) is 2.79. The van der Waals surface area contributed by atoms with E-state index in [1.54, 1.807) is 0 Å². The second kappa shape index (κ2) is 5.65. The van der Waals surface area contributed by atoms with Crippen LogP contribution in [-0.2, 0) is 4.79 Å². The van der Waals surface area contributed by atoms with Gasteiger partial charge in [0.15, 0.2) is 0 Å². The van der Waals surface area contributed by atoms with Gasteiger partial charge in [0.05, 0.1) is 0 Å². The summed E-state index contributed by atoms with van der Waals surface area (Å²) in [6, 6.07) is 0. The third kappa shape index (κ3) is 3.20. The maximum absolute atomic E-state index is 12.4. The highest BCUT2D eigenvalue weighted by Crippen LogP contribution is 2.42. The van der Waals surface area contributed by atoms with Crippen molar-refractivity contribution in [1.29, 1.82) is 0 Å². The van der Waals surface area contributed by atoms with E-state index < -0.39 is 0 Å². The van der Waals surface area contributed by atoms with Gasteiger partial charge in [-0.1, -0.05) is 44.8 Å². The van der Waals surface area contributed by atoms with Crippen LogP contribution in [0.4, 0.5) is 0 Å². The van der Waals surface area contributed by atoms with E-state index in [1.165, 1.54) is 24.8 Å². The molecule has 0 bridgehead atoms. The van der Waals surface area contributed by atoms with Crippen LogP contribution in [-0.4, -0.2) is 5.78 Å². The summed E-state index contributed by atoms with van der Waals surface area (Å²) in [7, 11) is 0. The molecule has 0 radical (unpaired) electrons. The van der Waals surface area contributed by atoms with E-state index in [9.17, 15) is 4.79 Å².